The van der Waals surface area contributed by atoms with Gasteiger partial charge in [-0.2, -0.15) is 0 Å². The number of hydrogen-bond acceptors (Lipinski definition) is 4. The van der Waals surface area contributed by atoms with E-state index in [1.807, 2.05) is 0 Å². The van der Waals surface area contributed by atoms with Gasteiger partial charge in [0.25, 0.3) is 11.6 Å². The lowest BCUT2D eigenvalue weighted by Crippen LogP contribution is -2.40. The Morgan fingerprint density at radius 3 is 2.48 bits per heavy atom. The van der Waals surface area contributed by atoms with Crippen LogP contribution < -0.4 is 0 Å². The first kappa shape index (κ1) is 13.5. The molecule has 108 valence electrons. The van der Waals surface area contributed by atoms with Gasteiger partial charge in [-0.1, -0.05) is 18.2 Å². The van der Waals surface area contributed by atoms with Gasteiger partial charge in [0, 0.05) is 30.1 Å². The molecule has 0 N–H and O–H groups in total. The number of morpholine rings is 1. The molecule has 1 heterocycles. The number of carbonyl (C=O) groups excluding carboxylic acids is 1. The van der Waals surface area contributed by atoms with E-state index in [1.54, 1.807) is 35.2 Å². The lowest BCUT2D eigenvalue weighted by atomic mass is 10.0. The van der Waals surface area contributed by atoms with Gasteiger partial charge in [0.05, 0.1) is 23.5 Å². The Hall–Kier alpha value is -2.47. The summed E-state index contributed by atoms with van der Waals surface area (Å²) in [5.41, 5.74) is 0.516. The Balaban J connectivity index is 2.08. The van der Waals surface area contributed by atoms with E-state index >= 15 is 0 Å². The third-order valence-corrected chi connectivity index (χ3v) is 3.62. The fourth-order valence-corrected chi connectivity index (χ4v) is 2.58. The summed E-state index contributed by atoms with van der Waals surface area (Å²) in [6, 6.07) is 9.87. The second-order valence-electron chi connectivity index (χ2n) is 4.84. The van der Waals surface area contributed by atoms with Crippen molar-refractivity contribution < 1.29 is 14.5 Å². The number of benzene rings is 2. The molecule has 2 aromatic rings. The number of amides is 1. The van der Waals surface area contributed by atoms with Gasteiger partial charge >= 0.3 is 0 Å². The van der Waals surface area contributed by atoms with E-state index in [0.717, 1.165) is 0 Å². The largest absolute Gasteiger partial charge is 0.378 e. The van der Waals surface area contributed by atoms with Crippen molar-refractivity contribution in [1.82, 2.24) is 4.90 Å². The van der Waals surface area contributed by atoms with Crippen molar-refractivity contribution in [2.45, 2.75) is 0 Å². The van der Waals surface area contributed by atoms with Crippen molar-refractivity contribution in [2.75, 3.05) is 26.3 Å². The first-order valence-corrected chi connectivity index (χ1v) is 6.71. The number of ether oxygens (including phenoxy) is 1. The molecule has 6 nitrogen and oxygen atoms in total. The number of fused-ring (bicyclic) bond motifs is 1. The zero-order valence-corrected chi connectivity index (χ0v) is 11.3. The minimum atomic E-state index is -0.425. The summed E-state index contributed by atoms with van der Waals surface area (Å²) in [6.07, 6.45) is 0. The molecule has 0 spiro atoms. The number of nitro groups is 1. The summed E-state index contributed by atoms with van der Waals surface area (Å²) in [5, 5.41) is 12.2. The highest BCUT2D eigenvalue weighted by Crippen LogP contribution is 2.28. The number of nitrogens with zero attached hydrogens (tertiary/aromatic N) is 2. The lowest BCUT2D eigenvalue weighted by Gasteiger charge is -2.27. The molecular formula is C15H14N2O4. The summed E-state index contributed by atoms with van der Waals surface area (Å²) in [6.45, 7) is 2.14. The van der Waals surface area contributed by atoms with Crippen LogP contribution >= 0.6 is 0 Å². The van der Waals surface area contributed by atoms with E-state index in [2.05, 4.69) is 0 Å². The van der Waals surface area contributed by atoms with Crippen LogP contribution in [0.15, 0.2) is 36.4 Å². The Kier molecular flexibility index (Phi) is 3.53. The lowest BCUT2D eigenvalue weighted by molar-refractivity contribution is -0.383. The van der Waals surface area contributed by atoms with Gasteiger partial charge in [0.1, 0.15) is 0 Å². The summed E-state index contributed by atoms with van der Waals surface area (Å²) < 4.78 is 5.24. The predicted molar refractivity (Wildman–Crippen MR) is 77.3 cm³/mol. The SMILES string of the molecule is O=C(c1cccc2c([N+](=O)[O-])cccc12)N1CCOCC1. The standard InChI is InChI=1S/C15H14N2O4/c18-15(16-7-9-21-10-8-16)13-5-1-4-12-11(13)3-2-6-14(12)17(19)20/h1-6H,7-10H2. The van der Waals surface area contributed by atoms with Gasteiger partial charge in [0.2, 0.25) is 0 Å². The number of hydrogen-bond donors (Lipinski definition) is 0. The van der Waals surface area contributed by atoms with E-state index in [1.165, 1.54) is 6.07 Å². The molecule has 1 aliphatic heterocycles. The quantitative estimate of drug-likeness (QED) is 0.627. The Labute approximate surface area is 121 Å². The second kappa shape index (κ2) is 5.49. The van der Waals surface area contributed by atoms with Crippen LogP contribution in [0.2, 0.25) is 0 Å². The minimum absolute atomic E-state index is 0.0177. The summed E-state index contributed by atoms with van der Waals surface area (Å²) >= 11 is 0. The van der Waals surface area contributed by atoms with Gasteiger partial charge in [-0.15, -0.1) is 0 Å². The predicted octanol–water partition coefficient (Wildman–Crippen LogP) is 2.22. The van der Waals surface area contributed by atoms with Crippen molar-refractivity contribution in [2.24, 2.45) is 0 Å². The van der Waals surface area contributed by atoms with Crippen LogP contribution in [0.4, 0.5) is 5.69 Å². The number of rotatable bonds is 2. The number of carbonyl (C=O) groups is 1. The van der Waals surface area contributed by atoms with Gasteiger partial charge in [-0.3, -0.25) is 14.9 Å². The number of nitro benzene ring substituents is 1. The van der Waals surface area contributed by atoms with E-state index in [4.69, 9.17) is 4.74 Å². The van der Waals surface area contributed by atoms with Crippen LogP contribution in [0.3, 0.4) is 0 Å². The molecule has 6 heteroatoms. The smallest absolute Gasteiger partial charge is 0.277 e. The van der Waals surface area contributed by atoms with Crippen LogP contribution in [0.5, 0.6) is 0 Å². The van der Waals surface area contributed by atoms with Gasteiger partial charge < -0.3 is 9.64 Å². The van der Waals surface area contributed by atoms with E-state index in [9.17, 15) is 14.9 Å². The molecule has 3 rings (SSSR count). The van der Waals surface area contributed by atoms with Crippen LogP contribution in [0.1, 0.15) is 10.4 Å². The zero-order valence-electron chi connectivity index (χ0n) is 11.3. The van der Waals surface area contributed by atoms with Crippen molar-refractivity contribution in [3.8, 4) is 0 Å². The average Bonchev–Trinajstić information content (AvgIpc) is 2.53. The van der Waals surface area contributed by atoms with Gasteiger partial charge in [-0.05, 0) is 12.1 Å². The van der Waals surface area contributed by atoms with Gasteiger partial charge in [-0.25, -0.2) is 0 Å². The molecule has 0 bridgehead atoms. The fraction of sp³-hybridized carbons (Fsp3) is 0.267. The molecular weight excluding hydrogens is 272 g/mol. The molecule has 0 radical (unpaired) electrons. The molecule has 1 aliphatic rings. The number of non-ortho nitro benzene ring substituents is 1. The van der Waals surface area contributed by atoms with E-state index in [-0.39, 0.29) is 11.6 Å². The first-order chi connectivity index (χ1) is 10.2. The maximum atomic E-state index is 12.6. The fourth-order valence-electron chi connectivity index (χ4n) is 2.58. The molecule has 0 unspecified atom stereocenters. The summed E-state index contributed by atoms with van der Waals surface area (Å²) in [7, 11) is 0. The van der Waals surface area contributed by atoms with Crippen molar-refractivity contribution in [1.29, 1.82) is 0 Å². The molecule has 1 amide bonds. The Bertz CT molecular complexity index is 708. The third kappa shape index (κ3) is 2.45. The normalized spacial score (nSPS) is 15.1. The molecule has 21 heavy (non-hydrogen) atoms. The second-order valence-corrected chi connectivity index (χ2v) is 4.84. The van der Waals surface area contributed by atoms with Crippen LogP contribution in [-0.4, -0.2) is 42.0 Å². The summed E-state index contributed by atoms with van der Waals surface area (Å²) in [4.78, 5) is 25.0. The maximum Gasteiger partial charge on any atom is 0.277 e. The van der Waals surface area contributed by atoms with Crippen molar-refractivity contribution in [3.05, 3.63) is 52.1 Å². The van der Waals surface area contributed by atoms with Crippen LogP contribution in [0.25, 0.3) is 10.8 Å². The summed E-state index contributed by atoms with van der Waals surface area (Å²) in [5.74, 6) is -0.107. The highest BCUT2D eigenvalue weighted by Gasteiger charge is 2.22. The van der Waals surface area contributed by atoms with E-state index < -0.39 is 4.92 Å². The molecule has 2 aromatic carbocycles. The third-order valence-electron chi connectivity index (χ3n) is 3.62. The maximum absolute atomic E-state index is 12.6. The topological polar surface area (TPSA) is 72.7 Å². The molecule has 0 saturated carbocycles. The minimum Gasteiger partial charge on any atom is -0.378 e. The molecule has 1 fully saturated rings. The van der Waals surface area contributed by atoms with Crippen molar-refractivity contribution in [3.63, 3.8) is 0 Å². The molecule has 0 aromatic heterocycles. The monoisotopic (exact) mass is 286 g/mol. The van der Waals surface area contributed by atoms with Crippen LogP contribution in [-0.2, 0) is 4.74 Å². The highest BCUT2D eigenvalue weighted by atomic mass is 16.6. The van der Waals surface area contributed by atoms with Crippen molar-refractivity contribution >= 4 is 22.4 Å². The molecule has 0 atom stereocenters. The Morgan fingerprint density at radius 1 is 1.10 bits per heavy atom. The van der Waals surface area contributed by atoms with Crippen LogP contribution in [0, 0.1) is 10.1 Å². The Morgan fingerprint density at radius 2 is 1.76 bits per heavy atom. The van der Waals surface area contributed by atoms with Gasteiger partial charge in [0.15, 0.2) is 0 Å². The highest BCUT2D eigenvalue weighted by molar-refractivity contribution is 6.09. The molecule has 0 aliphatic carbocycles. The average molecular weight is 286 g/mol. The molecule has 1 saturated heterocycles. The zero-order chi connectivity index (χ0) is 14.8. The first-order valence-electron chi connectivity index (χ1n) is 6.71. The van der Waals surface area contributed by atoms with E-state index in [0.29, 0.717) is 42.6 Å².